The number of nitrogens with zero attached hydrogens (tertiary/aromatic N) is 6. The van der Waals surface area contributed by atoms with Crippen molar-refractivity contribution < 1.29 is 4.39 Å². The van der Waals surface area contributed by atoms with Crippen LogP contribution in [0.1, 0.15) is 18.1 Å². The normalized spacial score (nSPS) is 17.8. The molecule has 1 fully saturated rings. The first-order valence-corrected chi connectivity index (χ1v) is 8.26. The van der Waals surface area contributed by atoms with Gasteiger partial charge in [-0.25, -0.2) is 9.37 Å². The lowest BCUT2D eigenvalue weighted by atomic mass is 10.3. The Hall–Kier alpha value is -2.71. The Morgan fingerprint density at radius 2 is 2.28 bits per heavy atom. The first-order valence-electron chi connectivity index (χ1n) is 8.26. The predicted molar refractivity (Wildman–Crippen MR) is 93.9 cm³/mol. The number of aryl methyl sites for hydroxylation is 1. The van der Waals surface area contributed by atoms with Gasteiger partial charge in [0.15, 0.2) is 23.4 Å². The van der Waals surface area contributed by atoms with Crippen molar-refractivity contribution in [1.29, 1.82) is 0 Å². The van der Waals surface area contributed by atoms with Gasteiger partial charge in [0, 0.05) is 39.4 Å². The molecular formula is C16H23FN8. The number of pyridine rings is 1. The summed E-state index contributed by atoms with van der Waals surface area (Å²) in [5.74, 6) is 2.51. The highest BCUT2D eigenvalue weighted by molar-refractivity contribution is 5.80. The van der Waals surface area contributed by atoms with E-state index in [1.165, 1.54) is 6.07 Å². The molecule has 1 aliphatic rings. The molecule has 9 heteroatoms. The summed E-state index contributed by atoms with van der Waals surface area (Å²) in [6.07, 6.45) is 2.50. The highest BCUT2D eigenvalue weighted by Crippen LogP contribution is 2.20. The van der Waals surface area contributed by atoms with E-state index in [1.54, 1.807) is 19.3 Å². The van der Waals surface area contributed by atoms with Gasteiger partial charge in [-0.2, -0.15) is 0 Å². The number of nitrogens with one attached hydrogen (secondary N) is 2. The van der Waals surface area contributed by atoms with E-state index >= 15 is 0 Å². The molecule has 2 aromatic heterocycles. The summed E-state index contributed by atoms with van der Waals surface area (Å²) in [7, 11) is 3.65. The molecule has 3 rings (SSSR count). The minimum absolute atomic E-state index is 0.175. The van der Waals surface area contributed by atoms with Crippen molar-refractivity contribution in [3.63, 3.8) is 0 Å². The summed E-state index contributed by atoms with van der Waals surface area (Å²) in [4.78, 5) is 10.3. The minimum atomic E-state index is -0.289. The molecule has 0 aliphatic carbocycles. The number of rotatable bonds is 4. The van der Waals surface area contributed by atoms with E-state index in [9.17, 15) is 4.39 Å². The lowest BCUT2D eigenvalue weighted by Crippen LogP contribution is -2.44. The highest BCUT2D eigenvalue weighted by Gasteiger charge is 2.26. The van der Waals surface area contributed by atoms with Gasteiger partial charge in [-0.15, -0.1) is 10.2 Å². The Morgan fingerprint density at radius 1 is 1.44 bits per heavy atom. The second kappa shape index (κ2) is 7.45. The highest BCUT2D eigenvalue weighted by atomic mass is 19.1. The largest absolute Gasteiger partial charge is 0.352 e. The van der Waals surface area contributed by atoms with Crippen LogP contribution in [0.5, 0.6) is 0 Å². The number of aromatic nitrogens is 4. The standard InChI is InChI=1S/C16H23FN8/c1-11-22-23-14(24(11)3)9-20-16(18-2)21-12-6-8-25(10-12)15-13(17)5-4-7-19-15/h4-5,7,12H,6,8-10H2,1-3H3,(H2,18,20,21). The van der Waals surface area contributed by atoms with Crippen LogP contribution >= 0.6 is 0 Å². The molecule has 2 aromatic rings. The van der Waals surface area contributed by atoms with Crippen LogP contribution in [0.2, 0.25) is 0 Å². The van der Waals surface area contributed by atoms with Crippen LogP contribution in [0, 0.1) is 12.7 Å². The number of hydrogen-bond acceptors (Lipinski definition) is 5. The molecule has 8 nitrogen and oxygen atoms in total. The zero-order valence-corrected chi connectivity index (χ0v) is 14.7. The van der Waals surface area contributed by atoms with Crippen molar-refractivity contribution in [1.82, 2.24) is 30.4 Å². The number of hydrogen-bond donors (Lipinski definition) is 2. The SMILES string of the molecule is CN=C(NCc1nnc(C)n1C)NC1CCN(c2ncccc2F)C1. The van der Waals surface area contributed by atoms with E-state index in [1.807, 2.05) is 23.4 Å². The maximum Gasteiger partial charge on any atom is 0.191 e. The maximum absolute atomic E-state index is 13.9. The van der Waals surface area contributed by atoms with E-state index in [2.05, 4.69) is 30.8 Å². The van der Waals surface area contributed by atoms with Crippen molar-refractivity contribution in [3.05, 3.63) is 35.8 Å². The molecule has 0 spiro atoms. The Kier molecular flexibility index (Phi) is 5.11. The molecular weight excluding hydrogens is 323 g/mol. The first-order chi connectivity index (χ1) is 12.1. The smallest absolute Gasteiger partial charge is 0.191 e. The van der Waals surface area contributed by atoms with Crippen LogP contribution in [-0.4, -0.2) is 51.9 Å². The predicted octanol–water partition coefficient (Wildman–Crippen LogP) is 0.602. The zero-order chi connectivity index (χ0) is 17.8. The van der Waals surface area contributed by atoms with Gasteiger partial charge < -0.3 is 20.1 Å². The summed E-state index contributed by atoms with van der Waals surface area (Å²) in [5.41, 5.74) is 0. The topological polar surface area (TPSA) is 83.3 Å². The average molecular weight is 346 g/mol. The Balaban J connectivity index is 1.54. The van der Waals surface area contributed by atoms with E-state index in [-0.39, 0.29) is 11.9 Å². The average Bonchev–Trinajstić information content (AvgIpc) is 3.20. The van der Waals surface area contributed by atoms with Crippen molar-refractivity contribution in [2.24, 2.45) is 12.0 Å². The molecule has 1 saturated heterocycles. The van der Waals surface area contributed by atoms with Gasteiger partial charge in [0.05, 0.1) is 6.54 Å². The molecule has 1 atom stereocenters. The molecule has 1 unspecified atom stereocenters. The van der Waals surface area contributed by atoms with Gasteiger partial charge in [0.25, 0.3) is 0 Å². The van der Waals surface area contributed by atoms with Crippen LogP contribution in [0.3, 0.4) is 0 Å². The van der Waals surface area contributed by atoms with E-state index in [0.717, 1.165) is 24.6 Å². The summed E-state index contributed by atoms with van der Waals surface area (Å²) in [5, 5.41) is 14.8. The van der Waals surface area contributed by atoms with Crippen molar-refractivity contribution in [2.75, 3.05) is 25.0 Å². The van der Waals surface area contributed by atoms with Crippen LogP contribution < -0.4 is 15.5 Å². The number of anilines is 1. The molecule has 0 saturated carbocycles. The molecule has 0 amide bonds. The fourth-order valence-electron chi connectivity index (χ4n) is 2.84. The van der Waals surface area contributed by atoms with E-state index < -0.39 is 0 Å². The van der Waals surface area contributed by atoms with Crippen molar-refractivity contribution >= 4 is 11.8 Å². The summed E-state index contributed by atoms with van der Waals surface area (Å²) < 4.78 is 15.8. The van der Waals surface area contributed by atoms with Gasteiger partial charge >= 0.3 is 0 Å². The third kappa shape index (κ3) is 3.86. The second-order valence-electron chi connectivity index (χ2n) is 6.03. The number of halogens is 1. The van der Waals surface area contributed by atoms with Gasteiger partial charge in [0.1, 0.15) is 5.82 Å². The molecule has 0 radical (unpaired) electrons. The molecule has 3 heterocycles. The van der Waals surface area contributed by atoms with Crippen LogP contribution in [0.15, 0.2) is 23.3 Å². The third-order valence-corrected chi connectivity index (χ3v) is 4.39. The van der Waals surface area contributed by atoms with Crippen LogP contribution in [0.4, 0.5) is 10.2 Å². The van der Waals surface area contributed by atoms with Crippen molar-refractivity contribution in [3.8, 4) is 0 Å². The first kappa shape index (κ1) is 17.1. The van der Waals surface area contributed by atoms with Crippen molar-refractivity contribution in [2.45, 2.75) is 25.9 Å². The number of guanidine groups is 1. The monoisotopic (exact) mass is 346 g/mol. The van der Waals surface area contributed by atoms with E-state index in [0.29, 0.717) is 24.9 Å². The zero-order valence-electron chi connectivity index (χ0n) is 14.7. The second-order valence-corrected chi connectivity index (χ2v) is 6.03. The lowest BCUT2D eigenvalue weighted by molar-refractivity contribution is 0.611. The molecule has 0 bridgehead atoms. The molecule has 134 valence electrons. The molecule has 0 aromatic carbocycles. The van der Waals surface area contributed by atoms with Gasteiger partial charge in [-0.05, 0) is 25.5 Å². The summed E-state index contributed by atoms with van der Waals surface area (Å²) >= 11 is 0. The van der Waals surface area contributed by atoms with Gasteiger partial charge in [0.2, 0.25) is 0 Å². The quantitative estimate of drug-likeness (QED) is 0.623. The van der Waals surface area contributed by atoms with Crippen LogP contribution in [0.25, 0.3) is 0 Å². The van der Waals surface area contributed by atoms with Crippen LogP contribution in [-0.2, 0) is 13.6 Å². The summed E-state index contributed by atoms with van der Waals surface area (Å²) in [6.45, 7) is 3.87. The maximum atomic E-state index is 13.9. The van der Waals surface area contributed by atoms with E-state index in [4.69, 9.17) is 0 Å². The Morgan fingerprint density at radius 3 is 2.96 bits per heavy atom. The minimum Gasteiger partial charge on any atom is -0.352 e. The fraction of sp³-hybridized carbons (Fsp3) is 0.500. The lowest BCUT2D eigenvalue weighted by Gasteiger charge is -2.19. The summed E-state index contributed by atoms with van der Waals surface area (Å²) in [6, 6.07) is 3.21. The molecule has 1 aliphatic heterocycles. The Bertz CT molecular complexity index is 756. The third-order valence-electron chi connectivity index (χ3n) is 4.39. The molecule has 25 heavy (non-hydrogen) atoms. The Labute approximate surface area is 146 Å². The molecule has 2 N–H and O–H groups in total. The van der Waals surface area contributed by atoms with Gasteiger partial charge in [-0.3, -0.25) is 4.99 Å². The van der Waals surface area contributed by atoms with Gasteiger partial charge in [-0.1, -0.05) is 0 Å². The number of aliphatic imine (C=N–C) groups is 1. The fourth-order valence-corrected chi connectivity index (χ4v) is 2.84.